The number of likely N-dealkylation sites (N-methyl/N-ethyl adjacent to an activating group) is 1. The van der Waals surface area contributed by atoms with Gasteiger partial charge in [0.25, 0.3) is 0 Å². The molecule has 0 bridgehead atoms. The molecule has 7 nitrogen and oxygen atoms in total. The summed E-state index contributed by atoms with van der Waals surface area (Å²) in [5.41, 5.74) is 2.27. The number of rotatable bonds is 3. The first-order valence-corrected chi connectivity index (χ1v) is 8.26. The van der Waals surface area contributed by atoms with Crippen LogP contribution in [0.15, 0.2) is 22.8 Å². The first kappa shape index (κ1) is 15.8. The Labute approximate surface area is 137 Å². The second-order valence-electron chi connectivity index (χ2n) is 6.13. The van der Waals surface area contributed by atoms with Crippen molar-refractivity contribution in [1.82, 2.24) is 20.5 Å². The van der Waals surface area contributed by atoms with Crippen LogP contribution in [0.3, 0.4) is 0 Å². The lowest BCUT2D eigenvalue weighted by Crippen LogP contribution is -2.57. The quantitative estimate of drug-likeness (QED) is 0.907. The average molecular weight is 334 g/mol. The molecule has 3 rings (SSSR count). The van der Waals surface area contributed by atoms with Crippen LogP contribution in [0.4, 0.5) is 0 Å². The van der Waals surface area contributed by atoms with Gasteiger partial charge in [0.15, 0.2) is 0 Å². The van der Waals surface area contributed by atoms with Gasteiger partial charge >= 0.3 is 0 Å². The Morgan fingerprint density at radius 1 is 1.43 bits per heavy atom. The molecule has 0 spiro atoms. The topological polar surface area (TPSA) is 88.3 Å². The number of carbonyl (C=O) groups is 2. The molecule has 2 heterocycles. The highest BCUT2D eigenvalue weighted by Crippen LogP contribution is 2.29. The van der Waals surface area contributed by atoms with Crippen molar-refractivity contribution in [3.05, 3.63) is 23.8 Å². The van der Waals surface area contributed by atoms with Crippen LogP contribution in [-0.2, 0) is 16.1 Å². The van der Waals surface area contributed by atoms with Gasteiger partial charge < -0.3 is 10.2 Å². The fourth-order valence-electron chi connectivity index (χ4n) is 2.41. The number of nitrogens with zero attached hydrogens (tertiary/aromatic N) is 3. The van der Waals surface area contributed by atoms with Gasteiger partial charge in [0.2, 0.25) is 11.8 Å². The van der Waals surface area contributed by atoms with Gasteiger partial charge in [-0.3, -0.25) is 9.59 Å². The van der Waals surface area contributed by atoms with Crippen LogP contribution in [-0.4, -0.2) is 50.6 Å². The minimum atomic E-state index is -0.486. The van der Waals surface area contributed by atoms with Crippen molar-refractivity contribution in [3.63, 3.8) is 0 Å². The largest absolute Gasteiger partial charge is 0.342 e. The summed E-state index contributed by atoms with van der Waals surface area (Å²) in [4.78, 5) is 26.1. The highest BCUT2D eigenvalue weighted by Gasteiger charge is 2.38. The molecule has 8 heteroatoms. The molecule has 1 aliphatic heterocycles. The third-order valence-corrected chi connectivity index (χ3v) is 5.28. The maximum atomic E-state index is 12.5. The van der Waals surface area contributed by atoms with Gasteiger partial charge in [-0.05, 0) is 41.9 Å². The minimum absolute atomic E-state index is 0.0975. The second kappa shape index (κ2) is 5.84. The van der Waals surface area contributed by atoms with Gasteiger partial charge in [-0.25, -0.2) is 4.63 Å². The lowest BCUT2D eigenvalue weighted by atomic mass is 10.1. The molecule has 122 valence electrons. The van der Waals surface area contributed by atoms with E-state index in [0.29, 0.717) is 23.3 Å². The van der Waals surface area contributed by atoms with Crippen LogP contribution in [0.5, 0.6) is 0 Å². The van der Waals surface area contributed by atoms with E-state index in [1.165, 1.54) is 11.8 Å². The molecule has 1 atom stereocenters. The molecule has 0 unspecified atom stereocenters. The van der Waals surface area contributed by atoms with E-state index in [2.05, 4.69) is 20.3 Å². The van der Waals surface area contributed by atoms with E-state index in [1.807, 2.05) is 26.0 Å². The monoisotopic (exact) mass is 334 g/mol. The summed E-state index contributed by atoms with van der Waals surface area (Å²) >= 11 is 1.50. The molecular formula is C15H18N4O3S. The third kappa shape index (κ3) is 3.17. The molecule has 1 aliphatic rings. The normalized spacial score (nSPS) is 20.3. The van der Waals surface area contributed by atoms with E-state index in [9.17, 15) is 9.59 Å². The minimum Gasteiger partial charge on any atom is -0.342 e. The fourth-order valence-corrected chi connectivity index (χ4v) is 3.41. The van der Waals surface area contributed by atoms with Crippen molar-refractivity contribution in [2.45, 2.75) is 31.2 Å². The molecule has 2 amide bonds. The number of fused-ring (bicyclic) bond motifs is 1. The van der Waals surface area contributed by atoms with Crippen molar-refractivity contribution in [3.8, 4) is 0 Å². The summed E-state index contributed by atoms with van der Waals surface area (Å²) in [5, 5.41) is 10.4. The van der Waals surface area contributed by atoms with E-state index in [-0.39, 0.29) is 11.8 Å². The molecule has 2 aromatic rings. The highest BCUT2D eigenvalue weighted by molar-refractivity contribution is 8.01. The van der Waals surface area contributed by atoms with Crippen LogP contribution in [0.25, 0.3) is 11.0 Å². The maximum absolute atomic E-state index is 12.5. The molecule has 0 aliphatic carbocycles. The van der Waals surface area contributed by atoms with Crippen LogP contribution in [0.2, 0.25) is 0 Å². The molecule has 1 saturated heterocycles. The van der Waals surface area contributed by atoms with Crippen LogP contribution in [0, 0.1) is 0 Å². The van der Waals surface area contributed by atoms with Crippen LogP contribution in [0.1, 0.15) is 19.4 Å². The van der Waals surface area contributed by atoms with E-state index in [0.717, 1.165) is 5.56 Å². The maximum Gasteiger partial charge on any atom is 0.246 e. The van der Waals surface area contributed by atoms with Crippen molar-refractivity contribution >= 4 is 34.6 Å². The number of carbonyl (C=O) groups excluding carboxylic acids is 2. The van der Waals surface area contributed by atoms with Gasteiger partial charge in [-0.2, -0.15) is 0 Å². The standard InChI is InChI=1S/C15H18N4O3S/c1-15(2)14(21)16-12(8-23-15)13(20)19(3)7-9-4-5-10-11(6-9)18-22-17-10/h4-6,12H,7-8H2,1-3H3,(H,16,21)/t12-/m1/s1. The molecule has 1 aromatic carbocycles. The molecule has 0 radical (unpaired) electrons. The van der Waals surface area contributed by atoms with E-state index >= 15 is 0 Å². The summed E-state index contributed by atoms with van der Waals surface area (Å²) < 4.78 is 4.18. The zero-order valence-corrected chi connectivity index (χ0v) is 14.0. The third-order valence-electron chi connectivity index (χ3n) is 3.88. The molecule has 1 fully saturated rings. The number of thioether (sulfide) groups is 1. The highest BCUT2D eigenvalue weighted by atomic mass is 32.2. The summed E-state index contributed by atoms with van der Waals surface area (Å²) in [5.74, 6) is 0.379. The Hall–Kier alpha value is -2.09. The fraction of sp³-hybridized carbons (Fsp3) is 0.467. The molecule has 1 N–H and O–H groups in total. The van der Waals surface area contributed by atoms with Gasteiger partial charge in [-0.15, -0.1) is 11.8 Å². The lowest BCUT2D eigenvalue weighted by molar-refractivity contribution is -0.136. The number of amides is 2. The summed E-state index contributed by atoms with van der Waals surface area (Å²) in [7, 11) is 1.73. The molecule has 0 saturated carbocycles. The second-order valence-corrected chi connectivity index (χ2v) is 7.77. The SMILES string of the molecule is CN(Cc1ccc2nonc2c1)C(=O)[C@H]1CSC(C)(C)C(=O)N1. The molecular weight excluding hydrogens is 316 g/mol. The van der Waals surface area contributed by atoms with E-state index in [4.69, 9.17) is 0 Å². The summed E-state index contributed by atoms with van der Waals surface area (Å²) in [6, 6.07) is 5.05. The summed E-state index contributed by atoms with van der Waals surface area (Å²) in [6.45, 7) is 4.15. The number of hydrogen-bond acceptors (Lipinski definition) is 6. The van der Waals surface area contributed by atoms with E-state index in [1.54, 1.807) is 18.0 Å². The number of nitrogens with one attached hydrogen (secondary N) is 1. The van der Waals surface area contributed by atoms with Gasteiger partial charge in [0.05, 0.1) is 4.75 Å². The van der Waals surface area contributed by atoms with Crippen molar-refractivity contribution < 1.29 is 14.2 Å². The van der Waals surface area contributed by atoms with Gasteiger partial charge in [0, 0.05) is 19.3 Å². The van der Waals surface area contributed by atoms with Crippen molar-refractivity contribution in [1.29, 1.82) is 0 Å². The van der Waals surface area contributed by atoms with Gasteiger partial charge in [-0.1, -0.05) is 6.07 Å². The molecule has 1 aromatic heterocycles. The molecule has 23 heavy (non-hydrogen) atoms. The van der Waals surface area contributed by atoms with Crippen molar-refractivity contribution in [2.75, 3.05) is 12.8 Å². The lowest BCUT2D eigenvalue weighted by Gasteiger charge is -2.34. The van der Waals surface area contributed by atoms with Gasteiger partial charge in [0.1, 0.15) is 17.1 Å². The summed E-state index contributed by atoms with van der Waals surface area (Å²) in [6.07, 6.45) is 0. The van der Waals surface area contributed by atoms with Crippen molar-refractivity contribution in [2.24, 2.45) is 0 Å². The Kier molecular flexibility index (Phi) is 4.01. The first-order valence-electron chi connectivity index (χ1n) is 7.28. The Morgan fingerprint density at radius 3 is 2.91 bits per heavy atom. The van der Waals surface area contributed by atoms with E-state index < -0.39 is 10.8 Å². The van der Waals surface area contributed by atoms with Crippen LogP contribution >= 0.6 is 11.8 Å². The Bertz CT molecular complexity index is 758. The number of hydrogen-bond donors (Lipinski definition) is 1. The van der Waals surface area contributed by atoms with Crippen LogP contribution < -0.4 is 5.32 Å². The first-order chi connectivity index (χ1) is 10.9. The smallest absolute Gasteiger partial charge is 0.246 e. The zero-order valence-electron chi connectivity index (χ0n) is 13.2. The Balaban J connectivity index is 1.66. The Morgan fingerprint density at radius 2 is 2.17 bits per heavy atom. The predicted octanol–water partition coefficient (Wildman–Crippen LogP) is 1.19. The number of benzene rings is 1. The average Bonchev–Trinajstić information content (AvgIpc) is 2.97. The predicted molar refractivity (Wildman–Crippen MR) is 86.7 cm³/mol. The zero-order chi connectivity index (χ0) is 16.6. The number of aromatic nitrogens is 2.